The Morgan fingerprint density at radius 3 is 2.17 bits per heavy atom. The van der Waals surface area contributed by atoms with Crippen molar-refractivity contribution in [2.75, 3.05) is 0 Å². The highest BCUT2D eigenvalue weighted by Crippen LogP contribution is 2.24. The second-order valence-electron chi connectivity index (χ2n) is 6.76. The molecule has 1 N–H and O–H groups in total. The molecule has 4 rings (SSSR count). The number of nitrogens with one attached hydrogen (secondary N) is 1. The van der Waals surface area contributed by atoms with Gasteiger partial charge in [-0.25, -0.2) is 0 Å². The highest BCUT2D eigenvalue weighted by molar-refractivity contribution is 6.30. The summed E-state index contributed by atoms with van der Waals surface area (Å²) in [6.07, 6.45) is 0. The van der Waals surface area contributed by atoms with E-state index in [0.29, 0.717) is 33.8 Å². The van der Waals surface area contributed by atoms with Crippen LogP contribution in [0.4, 0.5) is 0 Å². The van der Waals surface area contributed by atoms with Crippen molar-refractivity contribution in [3.63, 3.8) is 0 Å². The standard InChI is InChI=1S/C23H17ClN2O3/c24-18-8-4-5-15(12-18)13-25-21(27)17-7-3-6-16(11-17)14-26-22(28)19-9-1-2-10-20(19)23(26)29/h1-12H,13-14H2,(H,25,27). The third-order valence-electron chi connectivity index (χ3n) is 4.75. The van der Waals surface area contributed by atoms with Crippen LogP contribution in [-0.4, -0.2) is 22.6 Å². The molecule has 29 heavy (non-hydrogen) atoms. The fourth-order valence-corrected chi connectivity index (χ4v) is 3.52. The quantitative estimate of drug-likeness (QED) is 0.652. The number of imide groups is 1. The summed E-state index contributed by atoms with van der Waals surface area (Å²) in [5.74, 6) is -0.878. The Morgan fingerprint density at radius 2 is 1.48 bits per heavy atom. The normalized spacial score (nSPS) is 12.8. The summed E-state index contributed by atoms with van der Waals surface area (Å²) in [7, 11) is 0. The molecular weight excluding hydrogens is 388 g/mol. The van der Waals surface area contributed by atoms with E-state index in [1.54, 1.807) is 60.7 Å². The lowest BCUT2D eigenvalue weighted by atomic mass is 10.1. The maximum absolute atomic E-state index is 12.5. The van der Waals surface area contributed by atoms with Gasteiger partial charge in [0.05, 0.1) is 17.7 Å². The second kappa shape index (κ2) is 7.89. The van der Waals surface area contributed by atoms with E-state index < -0.39 is 0 Å². The number of hydrogen-bond acceptors (Lipinski definition) is 3. The fourth-order valence-electron chi connectivity index (χ4n) is 3.31. The molecular formula is C23H17ClN2O3. The Balaban J connectivity index is 1.46. The number of fused-ring (bicyclic) bond motifs is 1. The van der Waals surface area contributed by atoms with Crippen LogP contribution in [0.2, 0.25) is 5.02 Å². The molecule has 0 saturated heterocycles. The number of carbonyl (C=O) groups excluding carboxylic acids is 3. The van der Waals surface area contributed by atoms with Crippen LogP contribution in [0.15, 0.2) is 72.8 Å². The Morgan fingerprint density at radius 1 is 0.828 bits per heavy atom. The lowest BCUT2D eigenvalue weighted by molar-refractivity contribution is 0.0642. The zero-order valence-corrected chi connectivity index (χ0v) is 16.1. The number of carbonyl (C=O) groups is 3. The van der Waals surface area contributed by atoms with Gasteiger partial charge in [-0.15, -0.1) is 0 Å². The van der Waals surface area contributed by atoms with Crippen LogP contribution in [-0.2, 0) is 13.1 Å². The van der Waals surface area contributed by atoms with Crippen LogP contribution in [0.3, 0.4) is 0 Å². The topological polar surface area (TPSA) is 66.5 Å². The third-order valence-corrected chi connectivity index (χ3v) is 4.99. The van der Waals surface area contributed by atoms with Gasteiger partial charge in [-0.1, -0.05) is 48.0 Å². The number of hydrogen-bond donors (Lipinski definition) is 1. The van der Waals surface area contributed by atoms with Crippen molar-refractivity contribution in [1.82, 2.24) is 10.2 Å². The van der Waals surface area contributed by atoms with Crippen molar-refractivity contribution in [2.24, 2.45) is 0 Å². The summed E-state index contributed by atoms with van der Waals surface area (Å²) >= 11 is 5.96. The molecule has 0 saturated carbocycles. The zero-order valence-electron chi connectivity index (χ0n) is 15.4. The van der Waals surface area contributed by atoms with Gasteiger partial charge in [-0.05, 0) is 47.5 Å². The zero-order chi connectivity index (χ0) is 20.4. The summed E-state index contributed by atoms with van der Waals surface area (Å²) in [6, 6.07) is 20.9. The number of halogens is 1. The molecule has 1 heterocycles. The average molecular weight is 405 g/mol. The fraction of sp³-hybridized carbons (Fsp3) is 0.0870. The van der Waals surface area contributed by atoms with Crippen LogP contribution in [0.25, 0.3) is 0 Å². The molecule has 0 bridgehead atoms. The second-order valence-corrected chi connectivity index (χ2v) is 7.19. The molecule has 3 aromatic carbocycles. The molecule has 0 aromatic heterocycles. The minimum atomic E-state index is -0.318. The molecule has 0 fully saturated rings. The van der Waals surface area contributed by atoms with E-state index in [4.69, 9.17) is 11.6 Å². The number of amides is 3. The first kappa shape index (κ1) is 18.9. The van der Waals surface area contributed by atoms with Gasteiger partial charge in [-0.3, -0.25) is 19.3 Å². The molecule has 0 spiro atoms. The van der Waals surface area contributed by atoms with Gasteiger partial charge in [0.25, 0.3) is 17.7 Å². The predicted octanol–water partition coefficient (Wildman–Crippen LogP) is 4.07. The molecule has 6 heteroatoms. The van der Waals surface area contributed by atoms with Crippen molar-refractivity contribution < 1.29 is 14.4 Å². The van der Waals surface area contributed by atoms with E-state index in [1.807, 2.05) is 12.1 Å². The Bertz CT molecular complexity index is 1090. The first-order chi connectivity index (χ1) is 14.0. The molecule has 0 radical (unpaired) electrons. The van der Waals surface area contributed by atoms with Gasteiger partial charge < -0.3 is 5.32 Å². The van der Waals surface area contributed by atoms with Crippen molar-refractivity contribution in [3.05, 3.63) is 106 Å². The van der Waals surface area contributed by atoms with Crippen molar-refractivity contribution in [2.45, 2.75) is 13.1 Å². The Hall–Kier alpha value is -3.44. The molecule has 1 aliphatic heterocycles. The largest absolute Gasteiger partial charge is 0.348 e. The van der Waals surface area contributed by atoms with Gasteiger partial charge >= 0.3 is 0 Å². The van der Waals surface area contributed by atoms with Gasteiger partial charge in [0.15, 0.2) is 0 Å². The lowest BCUT2D eigenvalue weighted by Crippen LogP contribution is -2.29. The molecule has 144 valence electrons. The van der Waals surface area contributed by atoms with Crippen LogP contribution >= 0.6 is 11.6 Å². The summed E-state index contributed by atoms with van der Waals surface area (Å²) in [5.41, 5.74) is 2.88. The number of nitrogens with zero attached hydrogens (tertiary/aromatic N) is 1. The predicted molar refractivity (Wildman–Crippen MR) is 110 cm³/mol. The summed E-state index contributed by atoms with van der Waals surface area (Å²) in [6.45, 7) is 0.462. The van der Waals surface area contributed by atoms with Crippen LogP contribution in [0.5, 0.6) is 0 Å². The minimum Gasteiger partial charge on any atom is -0.348 e. The highest BCUT2D eigenvalue weighted by atomic mass is 35.5. The summed E-state index contributed by atoms with van der Waals surface area (Å²) < 4.78 is 0. The van der Waals surface area contributed by atoms with Crippen LogP contribution in [0, 0.1) is 0 Å². The van der Waals surface area contributed by atoms with Gasteiger partial charge in [0.1, 0.15) is 0 Å². The van der Waals surface area contributed by atoms with Crippen LogP contribution < -0.4 is 5.32 Å². The third kappa shape index (κ3) is 3.91. The van der Waals surface area contributed by atoms with Crippen molar-refractivity contribution in [3.8, 4) is 0 Å². The van der Waals surface area contributed by atoms with E-state index in [1.165, 1.54) is 4.90 Å². The highest BCUT2D eigenvalue weighted by Gasteiger charge is 2.34. The number of rotatable bonds is 5. The molecule has 0 unspecified atom stereocenters. The van der Waals surface area contributed by atoms with Gasteiger partial charge in [0.2, 0.25) is 0 Å². The molecule has 0 atom stereocenters. The molecule has 0 aliphatic carbocycles. The van der Waals surface area contributed by atoms with Crippen molar-refractivity contribution >= 4 is 29.3 Å². The Labute approximate surface area is 172 Å². The van der Waals surface area contributed by atoms with E-state index in [9.17, 15) is 14.4 Å². The smallest absolute Gasteiger partial charge is 0.261 e. The van der Waals surface area contributed by atoms with Gasteiger partial charge in [0, 0.05) is 17.1 Å². The maximum Gasteiger partial charge on any atom is 0.261 e. The van der Waals surface area contributed by atoms with E-state index in [-0.39, 0.29) is 24.3 Å². The summed E-state index contributed by atoms with van der Waals surface area (Å²) in [5, 5.41) is 3.46. The molecule has 3 aromatic rings. The molecule has 1 aliphatic rings. The SMILES string of the molecule is O=C(NCc1cccc(Cl)c1)c1cccc(CN2C(=O)c3ccccc3C2=O)c1. The minimum absolute atomic E-state index is 0.113. The Kier molecular flexibility index (Phi) is 5.14. The lowest BCUT2D eigenvalue weighted by Gasteiger charge is -2.14. The van der Waals surface area contributed by atoms with E-state index in [2.05, 4.69) is 5.32 Å². The van der Waals surface area contributed by atoms with E-state index >= 15 is 0 Å². The molecule has 3 amide bonds. The first-order valence-corrected chi connectivity index (χ1v) is 9.47. The average Bonchev–Trinajstić information content (AvgIpc) is 2.97. The maximum atomic E-state index is 12.5. The number of benzene rings is 3. The summed E-state index contributed by atoms with van der Waals surface area (Å²) in [4.78, 5) is 38.8. The monoisotopic (exact) mass is 404 g/mol. The molecule has 5 nitrogen and oxygen atoms in total. The van der Waals surface area contributed by atoms with Crippen LogP contribution in [0.1, 0.15) is 42.2 Å². The first-order valence-electron chi connectivity index (χ1n) is 9.10. The van der Waals surface area contributed by atoms with E-state index in [0.717, 1.165) is 5.56 Å². The van der Waals surface area contributed by atoms with Gasteiger partial charge in [-0.2, -0.15) is 0 Å². The van der Waals surface area contributed by atoms with Crippen molar-refractivity contribution in [1.29, 1.82) is 0 Å².